The van der Waals surface area contributed by atoms with Crippen LogP contribution in [0.5, 0.6) is 0 Å². The Morgan fingerprint density at radius 1 is 1.02 bits per heavy atom. The largest absolute Gasteiger partial charge is 0.465 e. The third-order valence-electron chi connectivity index (χ3n) is 8.83. The van der Waals surface area contributed by atoms with Crippen molar-refractivity contribution in [3.8, 4) is 0 Å². The highest BCUT2D eigenvalue weighted by Crippen LogP contribution is 2.32. The second kappa shape index (κ2) is 14.0. The van der Waals surface area contributed by atoms with Crippen molar-refractivity contribution in [2.75, 3.05) is 39.6 Å². The molecular formula is C36H43N5O4. The van der Waals surface area contributed by atoms with Gasteiger partial charge < -0.3 is 30.2 Å². The van der Waals surface area contributed by atoms with Crippen molar-refractivity contribution >= 4 is 34.5 Å². The van der Waals surface area contributed by atoms with Gasteiger partial charge >= 0.3 is 12.0 Å². The third-order valence-corrected chi connectivity index (χ3v) is 8.83. The van der Waals surface area contributed by atoms with E-state index < -0.39 is 17.9 Å². The molecule has 1 aliphatic heterocycles. The Morgan fingerprint density at radius 2 is 1.73 bits per heavy atom. The summed E-state index contributed by atoms with van der Waals surface area (Å²) in [6.07, 6.45) is 3.61. The Kier molecular flexibility index (Phi) is 9.88. The Labute approximate surface area is 264 Å². The number of methoxy groups -OCH3 is 1. The number of carbonyl (C=O) groups is 3. The first-order valence-electron chi connectivity index (χ1n) is 15.5. The molecule has 3 aromatic carbocycles. The van der Waals surface area contributed by atoms with Crippen LogP contribution in [0, 0.1) is 6.92 Å². The maximum atomic E-state index is 14.2. The number of H-pyrrole nitrogens is 1. The molecule has 45 heavy (non-hydrogen) atoms. The molecular weight excluding hydrogens is 566 g/mol. The zero-order chi connectivity index (χ0) is 32.1. The number of aromatic nitrogens is 1. The van der Waals surface area contributed by atoms with E-state index in [0.29, 0.717) is 31.2 Å². The van der Waals surface area contributed by atoms with Gasteiger partial charge in [-0.15, -0.1) is 0 Å². The van der Waals surface area contributed by atoms with Crippen LogP contribution in [0.2, 0.25) is 0 Å². The van der Waals surface area contributed by atoms with E-state index in [1.54, 1.807) is 17.0 Å². The zero-order valence-electron chi connectivity index (χ0n) is 26.7. The molecule has 0 unspecified atom stereocenters. The highest BCUT2D eigenvalue weighted by molar-refractivity contribution is 6.04. The lowest BCUT2D eigenvalue weighted by Gasteiger charge is -2.34. The molecule has 4 aromatic rings. The Bertz CT molecular complexity index is 1670. The first kappa shape index (κ1) is 31.8. The van der Waals surface area contributed by atoms with E-state index in [2.05, 4.69) is 40.7 Å². The molecule has 1 saturated heterocycles. The van der Waals surface area contributed by atoms with Crippen molar-refractivity contribution in [2.24, 2.45) is 0 Å². The number of benzene rings is 3. The van der Waals surface area contributed by atoms with Gasteiger partial charge in [-0.25, -0.2) is 9.59 Å². The third kappa shape index (κ3) is 7.20. The minimum Gasteiger partial charge on any atom is -0.465 e. The summed E-state index contributed by atoms with van der Waals surface area (Å²) in [5, 5.41) is 7.03. The Hall–Kier alpha value is -4.63. The van der Waals surface area contributed by atoms with Gasteiger partial charge in [-0.3, -0.25) is 4.79 Å². The van der Waals surface area contributed by atoms with Crippen LogP contribution in [-0.2, 0) is 16.1 Å². The molecule has 236 valence electrons. The molecule has 3 N–H and O–H groups in total. The molecule has 1 aromatic heterocycles. The second-order valence-electron chi connectivity index (χ2n) is 12.2. The summed E-state index contributed by atoms with van der Waals surface area (Å²) in [6, 6.07) is 20.4. The van der Waals surface area contributed by atoms with Crippen LogP contribution >= 0.6 is 0 Å². The number of amides is 3. The first-order chi connectivity index (χ1) is 21.7. The smallest absolute Gasteiger partial charge is 0.339 e. The highest BCUT2D eigenvalue weighted by atomic mass is 16.5. The van der Waals surface area contributed by atoms with Gasteiger partial charge in [0.25, 0.3) is 0 Å². The van der Waals surface area contributed by atoms with E-state index in [-0.39, 0.29) is 17.5 Å². The number of nitrogens with zero attached hydrogens (tertiary/aromatic N) is 2. The van der Waals surface area contributed by atoms with E-state index in [1.165, 1.54) is 18.2 Å². The number of anilines is 1. The molecule has 0 radical (unpaired) electrons. The lowest BCUT2D eigenvalue weighted by molar-refractivity contribution is -0.118. The van der Waals surface area contributed by atoms with E-state index >= 15 is 0 Å². The summed E-state index contributed by atoms with van der Waals surface area (Å²) in [5.41, 5.74) is 5.98. The number of piperidine rings is 1. The average Bonchev–Trinajstić information content (AvgIpc) is 3.47. The number of hydrogen-bond acceptors (Lipinski definition) is 5. The first-order valence-corrected chi connectivity index (χ1v) is 15.5. The molecule has 0 bridgehead atoms. The second-order valence-corrected chi connectivity index (χ2v) is 12.2. The predicted molar refractivity (Wildman–Crippen MR) is 178 cm³/mol. The predicted octanol–water partition coefficient (Wildman–Crippen LogP) is 6.02. The Balaban J connectivity index is 1.40. The normalized spacial score (nSPS) is 15.1. The van der Waals surface area contributed by atoms with E-state index in [9.17, 15) is 14.4 Å². The molecule has 9 nitrogen and oxygen atoms in total. The summed E-state index contributed by atoms with van der Waals surface area (Å²) in [7, 11) is 5.21. The maximum Gasteiger partial charge on any atom is 0.339 e. The summed E-state index contributed by atoms with van der Waals surface area (Å²) in [6.45, 7) is 5.88. The number of nitrogens with one attached hydrogen (secondary N) is 3. The maximum absolute atomic E-state index is 14.2. The fourth-order valence-electron chi connectivity index (χ4n) is 6.39. The summed E-state index contributed by atoms with van der Waals surface area (Å²) >= 11 is 0. The van der Waals surface area contributed by atoms with Gasteiger partial charge in [0, 0.05) is 42.7 Å². The van der Waals surface area contributed by atoms with Crippen LogP contribution in [0.3, 0.4) is 0 Å². The van der Waals surface area contributed by atoms with Crippen molar-refractivity contribution in [3.05, 3.63) is 101 Å². The molecule has 3 amide bonds. The lowest BCUT2D eigenvalue weighted by atomic mass is 9.87. The minimum atomic E-state index is -0.922. The summed E-state index contributed by atoms with van der Waals surface area (Å²) in [4.78, 5) is 47.7. The lowest BCUT2D eigenvalue weighted by Crippen LogP contribution is -2.53. The van der Waals surface area contributed by atoms with Crippen molar-refractivity contribution in [1.29, 1.82) is 0 Å². The number of para-hydroxylation sites is 1. The average molecular weight is 610 g/mol. The van der Waals surface area contributed by atoms with Crippen molar-refractivity contribution in [2.45, 2.75) is 51.1 Å². The molecule has 9 heteroatoms. The number of aromatic amines is 1. The number of esters is 1. The van der Waals surface area contributed by atoms with E-state index in [1.807, 2.05) is 68.5 Å². The van der Waals surface area contributed by atoms with Gasteiger partial charge in [-0.2, -0.15) is 0 Å². The van der Waals surface area contributed by atoms with Gasteiger partial charge in [-0.05, 0) is 80.2 Å². The molecule has 2 atom stereocenters. The zero-order valence-corrected chi connectivity index (χ0v) is 26.7. The number of carbonyl (C=O) groups excluding carboxylic acids is 3. The molecule has 0 aliphatic carbocycles. The minimum absolute atomic E-state index is 0.247. The number of rotatable bonds is 9. The number of likely N-dealkylation sites (tertiary alicyclic amines) is 1. The van der Waals surface area contributed by atoms with Crippen LogP contribution in [0.25, 0.3) is 10.9 Å². The van der Waals surface area contributed by atoms with Gasteiger partial charge in [0.05, 0.1) is 18.4 Å². The van der Waals surface area contributed by atoms with Crippen LogP contribution < -0.4 is 10.6 Å². The fourth-order valence-corrected chi connectivity index (χ4v) is 6.39. The monoisotopic (exact) mass is 609 g/mol. The standard InChI is InChI=1S/C36H43N5O4/c1-23-10-6-7-11-27(23)26-16-18-41(19-17-26)36(44)39-33(24(2)30-21-37-31-13-9-8-12-28(30)31)34(42)38-32-20-25(22-40(3)4)14-15-29(32)35(43)45-5/h6-15,20-21,24,26,33,37H,16-19,22H2,1-5H3,(H,38,42)(H,39,44)/t24-,33+/m0/s1. The number of aryl methyl sites for hydroxylation is 1. The van der Waals surface area contributed by atoms with Crippen LogP contribution in [0.4, 0.5) is 10.5 Å². The number of ether oxygens (including phenoxy) is 1. The fraction of sp³-hybridized carbons (Fsp3) is 0.361. The highest BCUT2D eigenvalue weighted by Gasteiger charge is 2.33. The molecule has 0 saturated carbocycles. The van der Waals surface area contributed by atoms with Gasteiger partial charge in [0.1, 0.15) is 6.04 Å². The van der Waals surface area contributed by atoms with Gasteiger partial charge in [0.2, 0.25) is 5.91 Å². The summed E-state index contributed by atoms with van der Waals surface area (Å²) in [5.74, 6) is -0.960. The molecule has 1 fully saturated rings. The quantitative estimate of drug-likeness (QED) is 0.201. The van der Waals surface area contributed by atoms with Crippen LogP contribution in [0.15, 0.2) is 72.9 Å². The van der Waals surface area contributed by atoms with Gasteiger partial charge in [-0.1, -0.05) is 55.5 Å². The van der Waals surface area contributed by atoms with Gasteiger partial charge in [0.15, 0.2) is 0 Å². The SMILES string of the molecule is COC(=O)c1ccc(CN(C)C)cc1NC(=O)[C@H](NC(=O)N1CCC(c2ccccc2C)CC1)[C@@H](C)c1c[nH]c2ccccc12. The number of hydrogen-bond donors (Lipinski definition) is 3. The van der Waals surface area contributed by atoms with E-state index in [4.69, 9.17) is 4.74 Å². The molecule has 5 rings (SSSR count). The molecule has 2 heterocycles. The molecule has 1 aliphatic rings. The van der Waals surface area contributed by atoms with Crippen molar-refractivity contribution in [1.82, 2.24) is 20.1 Å². The van der Waals surface area contributed by atoms with Crippen molar-refractivity contribution in [3.63, 3.8) is 0 Å². The van der Waals surface area contributed by atoms with Crippen LogP contribution in [-0.4, -0.2) is 73.0 Å². The molecule has 0 spiro atoms. The summed E-state index contributed by atoms with van der Waals surface area (Å²) < 4.78 is 5.01. The number of urea groups is 1. The topological polar surface area (TPSA) is 107 Å². The van der Waals surface area contributed by atoms with Crippen molar-refractivity contribution < 1.29 is 19.1 Å². The van der Waals surface area contributed by atoms with E-state index in [0.717, 1.165) is 34.9 Å². The Morgan fingerprint density at radius 3 is 2.44 bits per heavy atom. The van der Waals surface area contributed by atoms with Crippen LogP contribution in [0.1, 0.15) is 64.2 Å². The number of fused-ring (bicyclic) bond motifs is 1.